The van der Waals surface area contributed by atoms with E-state index in [1.165, 1.54) is 41.3 Å². The fourth-order valence-electron chi connectivity index (χ4n) is 5.10. The molecule has 2 amide bonds. The van der Waals surface area contributed by atoms with E-state index in [0.29, 0.717) is 11.1 Å². The van der Waals surface area contributed by atoms with Crippen molar-refractivity contribution in [3.05, 3.63) is 125 Å². The molecule has 2 atom stereocenters. The zero-order valence-electron chi connectivity index (χ0n) is 23.1. The van der Waals surface area contributed by atoms with Crippen LogP contribution in [0, 0.1) is 6.92 Å². The number of aromatic hydroxyl groups is 2. The summed E-state index contributed by atoms with van der Waals surface area (Å²) in [5.41, 5.74) is 2.90. The molecule has 5 rings (SSSR count). The second-order valence-corrected chi connectivity index (χ2v) is 12.3. The summed E-state index contributed by atoms with van der Waals surface area (Å²) in [6.07, 6.45) is -0.951. The number of nitrogens with zero attached hydrogens (tertiary/aromatic N) is 3. The van der Waals surface area contributed by atoms with Crippen molar-refractivity contribution in [2.24, 2.45) is 0 Å². The van der Waals surface area contributed by atoms with Gasteiger partial charge < -0.3 is 20.2 Å². The molecule has 1 fully saturated rings. The van der Waals surface area contributed by atoms with Crippen molar-refractivity contribution in [2.75, 3.05) is 6.54 Å². The number of hydrogen-bond donors (Lipinski definition) is 3. The number of hydrazine groups is 1. The monoisotopic (exact) mass is 587 g/mol. The number of benzene rings is 4. The number of urea groups is 1. The Morgan fingerprint density at radius 1 is 0.762 bits per heavy atom. The van der Waals surface area contributed by atoms with Gasteiger partial charge in [0.2, 0.25) is 0 Å². The molecule has 1 saturated heterocycles. The Balaban J connectivity index is 1.62. The normalized spacial score (nSPS) is 18.2. The number of phenolic OH excluding ortho intramolecular Hbond substituents is 2. The fraction of sp³-hybridized carbons (Fsp3) is 0.219. The molecule has 0 radical (unpaired) electrons. The standard InChI is InChI=1S/C32H33N3O6S/c1-23-6-5-9-29(18-23)42(40,41)35-22-31(38)30(19-24-7-3-2-4-8-24)33(20-25-10-14-27(36)15-11-25)32(39)34(35)21-26-12-16-28(37)17-13-26/h2-18,30-31,36-38H,19-22H2,1H3/t30-,31-/m1/s1. The molecule has 218 valence electrons. The van der Waals surface area contributed by atoms with Crippen LogP contribution in [0.15, 0.2) is 108 Å². The molecule has 4 aromatic rings. The van der Waals surface area contributed by atoms with Gasteiger partial charge in [0.15, 0.2) is 0 Å². The van der Waals surface area contributed by atoms with E-state index in [-0.39, 0.29) is 42.4 Å². The average molecular weight is 588 g/mol. The van der Waals surface area contributed by atoms with E-state index < -0.39 is 28.2 Å². The maximum atomic E-state index is 14.5. The molecule has 0 aromatic heterocycles. The van der Waals surface area contributed by atoms with Gasteiger partial charge in [-0.2, -0.15) is 0 Å². The van der Waals surface area contributed by atoms with Gasteiger partial charge in [0.05, 0.1) is 30.1 Å². The first-order valence-corrected chi connectivity index (χ1v) is 15.0. The van der Waals surface area contributed by atoms with Crippen molar-refractivity contribution in [3.8, 4) is 11.5 Å². The lowest BCUT2D eigenvalue weighted by Crippen LogP contribution is -2.52. The summed E-state index contributed by atoms with van der Waals surface area (Å²) in [4.78, 5) is 16.0. The minimum atomic E-state index is -4.28. The first-order chi connectivity index (χ1) is 20.1. The van der Waals surface area contributed by atoms with E-state index in [2.05, 4.69) is 0 Å². The summed E-state index contributed by atoms with van der Waals surface area (Å²) < 4.78 is 29.2. The number of aryl methyl sites for hydroxylation is 1. The van der Waals surface area contributed by atoms with Crippen LogP contribution in [0.4, 0.5) is 4.79 Å². The van der Waals surface area contributed by atoms with Crippen molar-refractivity contribution in [1.29, 1.82) is 0 Å². The highest BCUT2D eigenvalue weighted by Gasteiger charge is 2.44. The average Bonchev–Trinajstić information content (AvgIpc) is 3.07. The maximum Gasteiger partial charge on any atom is 0.336 e. The first-order valence-electron chi connectivity index (χ1n) is 13.6. The van der Waals surface area contributed by atoms with Crippen molar-refractivity contribution in [3.63, 3.8) is 0 Å². The lowest BCUT2D eigenvalue weighted by molar-refractivity contribution is 0.0549. The number of hydrogen-bond acceptors (Lipinski definition) is 6. The van der Waals surface area contributed by atoms with E-state index in [1.54, 1.807) is 43.3 Å². The number of carbonyl (C=O) groups is 1. The van der Waals surface area contributed by atoms with Gasteiger partial charge in [-0.15, -0.1) is 4.41 Å². The van der Waals surface area contributed by atoms with Gasteiger partial charge in [0.25, 0.3) is 10.0 Å². The molecule has 0 aliphatic carbocycles. The van der Waals surface area contributed by atoms with Crippen LogP contribution in [-0.4, -0.2) is 62.8 Å². The van der Waals surface area contributed by atoms with Gasteiger partial charge in [0.1, 0.15) is 11.5 Å². The van der Waals surface area contributed by atoms with Gasteiger partial charge in [-0.25, -0.2) is 18.2 Å². The molecule has 3 N–H and O–H groups in total. The molecule has 9 nitrogen and oxygen atoms in total. The molecular weight excluding hydrogens is 554 g/mol. The summed E-state index contributed by atoms with van der Waals surface area (Å²) in [6.45, 7) is 1.37. The van der Waals surface area contributed by atoms with Gasteiger partial charge in [-0.1, -0.05) is 66.7 Å². The highest BCUT2D eigenvalue weighted by atomic mass is 32.2. The zero-order chi connectivity index (χ0) is 29.9. The van der Waals surface area contributed by atoms with Crippen molar-refractivity contribution < 1.29 is 28.5 Å². The molecule has 4 aromatic carbocycles. The Hall–Kier alpha value is -4.38. The molecule has 1 aliphatic rings. The largest absolute Gasteiger partial charge is 0.508 e. The van der Waals surface area contributed by atoms with Crippen LogP contribution in [0.5, 0.6) is 11.5 Å². The SMILES string of the molecule is Cc1cccc(S(=O)(=O)N2C[C@@H](O)[C@@H](Cc3ccccc3)N(Cc3ccc(O)cc3)C(=O)N2Cc2ccc(O)cc2)c1. The Labute approximate surface area is 245 Å². The highest BCUT2D eigenvalue weighted by molar-refractivity contribution is 7.89. The Bertz CT molecular complexity index is 1630. The first kappa shape index (κ1) is 29.1. The Morgan fingerprint density at radius 3 is 1.95 bits per heavy atom. The van der Waals surface area contributed by atoms with E-state index >= 15 is 0 Å². The highest BCUT2D eigenvalue weighted by Crippen LogP contribution is 2.29. The van der Waals surface area contributed by atoms with Crippen LogP contribution in [0.3, 0.4) is 0 Å². The topological polar surface area (TPSA) is 122 Å². The van der Waals surface area contributed by atoms with E-state index in [4.69, 9.17) is 0 Å². The molecule has 1 heterocycles. The Kier molecular flexibility index (Phi) is 8.49. The number of carbonyl (C=O) groups excluding carboxylic acids is 1. The van der Waals surface area contributed by atoms with Gasteiger partial charge in [-0.05, 0) is 72.0 Å². The molecule has 42 heavy (non-hydrogen) atoms. The number of rotatable bonds is 8. The number of amides is 2. The Morgan fingerprint density at radius 2 is 1.36 bits per heavy atom. The van der Waals surface area contributed by atoms with E-state index in [9.17, 15) is 28.5 Å². The fourth-order valence-corrected chi connectivity index (χ4v) is 6.67. The van der Waals surface area contributed by atoms with E-state index in [0.717, 1.165) is 20.6 Å². The summed E-state index contributed by atoms with van der Waals surface area (Å²) >= 11 is 0. The second-order valence-electron chi connectivity index (χ2n) is 10.5. The predicted molar refractivity (Wildman–Crippen MR) is 158 cm³/mol. The van der Waals surface area contributed by atoms with Crippen LogP contribution >= 0.6 is 0 Å². The zero-order valence-corrected chi connectivity index (χ0v) is 23.9. The van der Waals surface area contributed by atoms with E-state index in [1.807, 2.05) is 30.3 Å². The third-order valence-corrected chi connectivity index (χ3v) is 9.08. The number of aliphatic hydroxyl groups is 1. The van der Waals surface area contributed by atoms with Crippen molar-refractivity contribution in [1.82, 2.24) is 14.3 Å². The third-order valence-electron chi connectivity index (χ3n) is 7.33. The molecule has 1 aliphatic heterocycles. The van der Waals surface area contributed by atoms with Crippen LogP contribution in [0.1, 0.15) is 22.3 Å². The molecule has 10 heteroatoms. The van der Waals surface area contributed by atoms with Crippen LogP contribution in [-0.2, 0) is 29.5 Å². The maximum absolute atomic E-state index is 14.5. The van der Waals surface area contributed by atoms with Crippen LogP contribution in [0.25, 0.3) is 0 Å². The number of phenols is 2. The number of aliphatic hydroxyl groups excluding tert-OH is 1. The van der Waals surface area contributed by atoms with Gasteiger partial charge in [0, 0.05) is 6.54 Å². The molecule has 0 bridgehead atoms. The third kappa shape index (κ3) is 6.41. The number of β-amino-alcohol motifs (C(OH)–C–C–N with tert-alkyl or cyclic N) is 1. The molecular formula is C32H33N3O6S. The predicted octanol–water partition coefficient (Wildman–Crippen LogP) is 4.42. The minimum absolute atomic E-state index is 0.00444. The molecule has 0 saturated carbocycles. The summed E-state index contributed by atoms with van der Waals surface area (Å²) in [5, 5.41) is 32.4. The minimum Gasteiger partial charge on any atom is -0.508 e. The van der Waals surface area contributed by atoms with Crippen molar-refractivity contribution >= 4 is 16.1 Å². The number of sulfonamides is 1. The second kappa shape index (κ2) is 12.2. The smallest absolute Gasteiger partial charge is 0.336 e. The van der Waals surface area contributed by atoms with Gasteiger partial charge in [-0.3, -0.25) is 0 Å². The van der Waals surface area contributed by atoms with Gasteiger partial charge >= 0.3 is 6.03 Å². The molecule has 0 unspecified atom stereocenters. The van der Waals surface area contributed by atoms with Crippen LogP contribution < -0.4 is 0 Å². The quantitative estimate of drug-likeness (QED) is 0.281. The lowest BCUT2D eigenvalue weighted by atomic mass is 9.99. The van der Waals surface area contributed by atoms with Crippen LogP contribution in [0.2, 0.25) is 0 Å². The summed E-state index contributed by atoms with van der Waals surface area (Å²) in [5.74, 6) is 0.115. The van der Waals surface area contributed by atoms with Crippen molar-refractivity contribution in [2.45, 2.75) is 43.5 Å². The molecule has 0 spiro atoms. The summed E-state index contributed by atoms with van der Waals surface area (Å²) in [7, 11) is -4.28. The summed E-state index contributed by atoms with van der Waals surface area (Å²) in [6, 6.07) is 27.0. The lowest BCUT2D eigenvalue weighted by Gasteiger charge is -2.36.